The Morgan fingerprint density at radius 2 is 1.96 bits per heavy atom. The Balaban J connectivity index is 1.78. The van der Waals surface area contributed by atoms with E-state index in [4.69, 9.17) is 32.7 Å². The zero-order chi connectivity index (χ0) is 19.2. The average Bonchev–Trinajstić information content (AvgIpc) is 3.16. The number of aromatic nitrogens is 1. The van der Waals surface area contributed by atoms with E-state index in [1.165, 1.54) is 17.4 Å². The quantitative estimate of drug-likeness (QED) is 0.466. The van der Waals surface area contributed by atoms with Crippen LogP contribution >= 0.6 is 34.5 Å². The van der Waals surface area contributed by atoms with Crippen LogP contribution in [0.2, 0.25) is 10.0 Å². The molecule has 0 radical (unpaired) electrons. The van der Waals surface area contributed by atoms with Gasteiger partial charge in [0.1, 0.15) is 12.4 Å². The Morgan fingerprint density at radius 1 is 1.15 bits per heavy atom. The van der Waals surface area contributed by atoms with Gasteiger partial charge in [-0.1, -0.05) is 29.3 Å². The number of hydrogen-bond donors (Lipinski definition) is 1. The van der Waals surface area contributed by atoms with Gasteiger partial charge < -0.3 is 14.8 Å². The molecule has 0 aliphatic rings. The van der Waals surface area contributed by atoms with Crippen LogP contribution in [0.15, 0.2) is 41.9 Å². The van der Waals surface area contributed by atoms with E-state index in [-0.39, 0.29) is 12.2 Å². The first-order valence-corrected chi connectivity index (χ1v) is 9.86. The number of ether oxygens (including phenoxy) is 2. The molecule has 0 atom stereocenters. The van der Waals surface area contributed by atoms with Crippen molar-refractivity contribution in [1.29, 1.82) is 0 Å². The fourth-order valence-electron chi connectivity index (χ4n) is 2.40. The van der Waals surface area contributed by atoms with E-state index in [9.17, 15) is 4.39 Å². The largest absolute Gasteiger partial charge is 0.490 e. The lowest BCUT2D eigenvalue weighted by atomic mass is 10.2. The maximum Gasteiger partial charge on any atom is 0.182 e. The molecule has 4 nitrogen and oxygen atoms in total. The molecule has 3 rings (SSSR count). The van der Waals surface area contributed by atoms with Gasteiger partial charge in [-0.2, -0.15) is 0 Å². The molecular weight excluding hydrogens is 410 g/mol. The van der Waals surface area contributed by atoms with Gasteiger partial charge in [-0.15, -0.1) is 11.3 Å². The lowest BCUT2D eigenvalue weighted by molar-refractivity contribution is 0.265. The summed E-state index contributed by atoms with van der Waals surface area (Å²) < 4.78 is 25.4. The first-order valence-electron chi connectivity index (χ1n) is 8.22. The standard InChI is InChI=1S/C19H17Cl2FN2O2S/c1-2-25-17-8-12(10-24-19-23-6-7-27-19)15(21)9-18(17)26-11-13-14(20)4-3-5-16(13)22/h3-9H,2,10-11H2,1H3,(H,23,24). The first kappa shape index (κ1) is 19.7. The third-order valence-electron chi connectivity index (χ3n) is 3.71. The lowest BCUT2D eigenvalue weighted by Crippen LogP contribution is -2.05. The molecule has 142 valence electrons. The summed E-state index contributed by atoms with van der Waals surface area (Å²) in [5, 5.41) is 6.72. The zero-order valence-electron chi connectivity index (χ0n) is 14.5. The Morgan fingerprint density at radius 3 is 2.67 bits per heavy atom. The van der Waals surface area contributed by atoms with Crippen molar-refractivity contribution in [3.63, 3.8) is 0 Å². The topological polar surface area (TPSA) is 43.4 Å². The number of nitrogens with zero attached hydrogens (tertiary/aromatic N) is 1. The minimum Gasteiger partial charge on any atom is -0.490 e. The number of hydrogen-bond acceptors (Lipinski definition) is 5. The van der Waals surface area contributed by atoms with E-state index >= 15 is 0 Å². The Bertz CT molecular complexity index is 887. The second-order valence-corrected chi connectivity index (χ2v) is 7.21. The lowest BCUT2D eigenvalue weighted by Gasteiger charge is -2.16. The van der Waals surface area contributed by atoms with Crippen LogP contribution in [-0.2, 0) is 13.2 Å². The number of halogens is 3. The third kappa shape index (κ3) is 5.03. The summed E-state index contributed by atoms with van der Waals surface area (Å²) in [6.07, 6.45) is 1.73. The number of benzene rings is 2. The second kappa shape index (κ2) is 9.26. The first-order chi connectivity index (χ1) is 13.1. The summed E-state index contributed by atoms with van der Waals surface area (Å²) in [5.41, 5.74) is 1.12. The normalized spacial score (nSPS) is 10.7. The Hall–Kier alpha value is -2.02. The molecular formula is C19H17Cl2FN2O2S. The van der Waals surface area contributed by atoms with Crippen molar-refractivity contribution in [1.82, 2.24) is 4.98 Å². The van der Waals surface area contributed by atoms with Gasteiger partial charge in [0.25, 0.3) is 0 Å². The van der Waals surface area contributed by atoms with Crippen LogP contribution in [0.3, 0.4) is 0 Å². The van der Waals surface area contributed by atoms with Crippen LogP contribution in [0.4, 0.5) is 9.52 Å². The molecule has 27 heavy (non-hydrogen) atoms. The predicted octanol–water partition coefficient (Wildman–Crippen LogP) is 6.18. The smallest absolute Gasteiger partial charge is 0.182 e. The Labute approximate surface area is 170 Å². The fraction of sp³-hybridized carbons (Fsp3) is 0.211. The molecule has 0 aliphatic carbocycles. The van der Waals surface area contributed by atoms with Gasteiger partial charge in [0.15, 0.2) is 16.6 Å². The third-order valence-corrected chi connectivity index (χ3v) is 5.15. The molecule has 1 N–H and O–H groups in total. The van der Waals surface area contributed by atoms with E-state index < -0.39 is 5.82 Å². The van der Waals surface area contributed by atoms with Crippen LogP contribution < -0.4 is 14.8 Å². The number of anilines is 1. The monoisotopic (exact) mass is 426 g/mol. The minimum absolute atomic E-state index is 0.0291. The zero-order valence-corrected chi connectivity index (χ0v) is 16.8. The number of rotatable bonds is 8. The van der Waals surface area contributed by atoms with Crippen LogP contribution in [0, 0.1) is 5.82 Å². The van der Waals surface area contributed by atoms with Gasteiger partial charge in [-0.25, -0.2) is 9.37 Å². The van der Waals surface area contributed by atoms with Gasteiger partial charge in [0.2, 0.25) is 0 Å². The van der Waals surface area contributed by atoms with Crippen molar-refractivity contribution in [2.24, 2.45) is 0 Å². The highest BCUT2D eigenvalue weighted by atomic mass is 35.5. The highest BCUT2D eigenvalue weighted by Crippen LogP contribution is 2.35. The predicted molar refractivity (Wildman–Crippen MR) is 108 cm³/mol. The minimum atomic E-state index is -0.421. The molecule has 0 unspecified atom stereocenters. The molecule has 0 amide bonds. The molecule has 0 aliphatic heterocycles. The van der Waals surface area contributed by atoms with Gasteiger partial charge in [-0.05, 0) is 30.7 Å². The van der Waals surface area contributed by atoms with Crippen LogP contribution in [0.25, 0.3) is 0 Å². The highest BCUT2D eigenvalue weighted by molar-refractivity contribution is 7.13. The van der Waals surface area contributed by atoms with Crippen molar-refractivity contribution in [2.45, 2.75) is 20.1 Å². The summed E-state index contributed by atoms with van der Waals surface area (Å²) in [5.74, 6) is 0.542. The van der Waals surface area contributed by atoms with E-state index in [2.05, 4.69) is 10.3 Å². The summed E-state index contributed by atoms with van der Waals surface area (Å²) in [6.45, 7) is 2.79. The van der Waals surface area contributed by atoms with E-state index in [1.54, 1.807) is 24.4 Å². The SMILES string of the molecule is CCOc1cc(CNc2nccs2)c(Cl)cc1OCc1c(F)cccc1Cl. The summed E-state index contributed by atoms with van der Waals surface area (Å²) >= 11 is 14.0. The summed E-state index contributed by atoms with van der Waals surface area (Å²) in [7, 11) is 0. The summed E-state index contributed by atoms with van der Waals surface area (Å²) in [4.78, 5) is 4.18. The molecule has 0 saturated heterocycles. The van der Waals surface area contributed by atoms with E-state index in [0.717, 1.165) is 10.7 Å². The van der Waals surface area contributed by atoms with Crippen molar-refractivity contribution in [3.05, 3.63) is 68.9 Å². The van der Waals surface area contributed by atoms with Gasteiger partial charge in [-0.3, -0.25) is 0 Å². The van der Waals surface area contributed by atoms with Crippen molar-refractivity contribution < 1.29 is 13.9 Å². The molecule has 1 aromatic heterocycles. The van der Waals surface area contributed by atoms with Gasteiger partial charge in [0, 0.05) is 34.8 Å². The van der Waals surface area contributed by atoms with Crippen molar-refractivity contribution in [3.8, 4) is 11.5 Å². The van der Waals surface area contributed by atoms with Crippen LogP contribution in [0.5, 0.6) is 11.5 Å². The average molecular weight is 427 g/mol. The second-order valence-electron chi connectivity index (χ2n) is 5.50. The van der Waals surface area contributed by atoms with Gasteiger partial charge >= 0.3 is 0 Å². The summed E-state index contributed by atoms with van der Waals surface area (Å²) in [6, 6.07) is 7.99. The van der Waals surface area contributed by atoms with Crippen molar-refractivity contribution >= 4 is 39.7 Å². The van der Waals surface area contributed by atoms with E-state index in [0.29, 0.717) is 34.7 Å². The van der Waals surface area contributed by atoms with E-state index in [1.807, 2.05) is 18.4 Å². The molecule has 0 spiro atoms. The maximum absolute atomic E-state index is 13.9. The fourth-order valence-corrected chi connectivity index (χ4v) is 3.36. The molecule has 2 aromatic carbocycles. The van der Waals surface area contributed by atoms with Crippen LogP contribution in [-0.4, -0.2) is 11.6 Å². The number of thiazole rings is 1. The molecule has 0 saturated carbocycles. The Kier molecular flexibility index (Phi) is 6.77. The molecule has 3 aromatic rings. The molecule has 1 heterocycles. The highest BCUT2D eigenvalue weighted by Gasteiger charge is 2.14. The molecule has 0 fully saturated rings. The number of nitrogens with one attached hydrogen (secondary N) is 1. The molecule has 0 bridgehead atoms. The maximum atomic E-state index is 13.9. The van der Waals surface area contributed by atoms with Crippen LogP contribution in [0.1, 0.15) is 18.1 Å². The van der Waals surface area contributed by atoms with Gasteiger partial charge in [0.05, 0.1) is 11.6 Å². The molecule has 8 heteroatoms. The van der Waals surface area contributed by atoms with Crippen molar-refractivity contribution in [2.75, 3.05) is 11.9 Å².